The van der Waals surface area contributed by atoms with Crippen molar-refractivity contribution >= 4 is 5.82 Å². The first-order valence-corrected chi connectivity index (χ1v) is 6.43. The second kappa shape index (κ2) is 3.83. The number of nitrogens with one attached hydrogen (secondary N) is 2. The monoisotopic (exact) mass is 274 g/mol. The molecule has 2 atom stereocenters. The molecular weight excluding hydrogens is 260 g/mol. The van der Waals surface area contributed by atoms with Crippen LogP contribution in [-0.4, -0.2) is 30.5 Å². The molecule has 1 aliphatic carbocycles. The van der Waals surface area contributed by atoms with E-state index in [4.69, 9.17) is 9.93 Å². The van der Waals surface area contributed by atoms with Gasteiger partial charge in [0.25, 0.3) is 0 Å². The van der Waals surface area contributed by atoms with Gasteiger partial charge in [-0.05, 0) is 18.4 Å². The topological polar surface area (TPSA) is 105 Å². The summed E-state index contributed by atoms with van der Waals surface area (Å²) in [6.45, 7) is 4.30. The molecule has 8 nitrogen and oxygen atoms in total. The fourth-order valence-corrected chi connectivity index (χ4v) is 2.88. The van der Waals surface area contributed by atoms with E-state index in [0.717, 1.165) is 17.8 Å². The van der Waals surface area contributed by atoms with Crippen molar-refractivity contribution in [3.8, 4) is 11.5 Å². The summed E-state index contributed by atoms with van der Waals surface area (Å²) in [7, 11) is 0. The number of nitrogens with zero attached hydrogens (tertiary/aromatic N) is 4. The molecule has 1 fully saturated rings. The van der Waals surface area contributed by atoms with Crippen LogP contribution in [0.4, 0.5) is 5.82 Å². The first-order valence-electron chi connectivity index (χ1n) is 6.43. The van der Waals surface area contributed by atoms with E-state index in [-0.39, 0.29) is 11.7 Å². The highest BCUT2D eigenvalue weighted by molar-refractivity contribution is 5.68. The molecule has 2 aromatic rings. The molecule has 0 amide bonds. The average Bonchev–Trinajstić information content (AvgIpc) is 3.06. The molecule has 8 heteroatoms. The van der Waals surface area contributed by atoms with E-state index in [9.17, 15) is 5.11 Å². The Kier molecular flexibility index (Phi) is 2.19. The molecule has 4 rings (SSSR count). The maximum atomic E-state index is 9.82. The van der Waals surface area contributed by atoms with Gasteiger partial charge in [-0.3, -0.25) is 0 Å². The number of aliphatic hydroxyl groups is 1. The molecule has 0 bridgehead atoms. The first kappa shape index (κ1) is 11.5. The Morgan fingerprint density at radius 2 is 2.40 bits per heavy atom. The van der Waals surface area contributed by atoms with Crippen molar-refractivity contribution in [2.45, 2.75) is 31.7 Å². The van der Waals surface area contributed by atoms with Crippen LogP contribution >= 0.6 is 0 Å². The quantitative estimate of drug-likeness (QED) is 0.655. The SMILES string of the molecule is C=C1C[C@@H](n2cnc3c2NCn2oc(=N)nc2-3)C[C@@H]1O. The number of hydrogen-bond acceptors (Lipinski definition) is 6. The van der Waals surface area contributed by atoms with Gasteiger partial charge >= 0.3 is 5.68 Å². The summed E-state index contributed by atoms with van der Waals surface area (Å²) in [5.74, 6) is 1.41. The van der Waals surface area contributed by atoms with E-state index in [1.807, 2.05) is 4.57 Å². The van der Waals surface area contributed by atoms with Crippen molar-refractivity contribution < 1.29 is 9.63 Å². The average molecular weight is 274 g/mol. The minimum absolute atomic E-state index is 0.131. The number of aromatic nitrogens is 4. The Morgan fingerprint density at radius 1 is 1.55 bits per heavy atom. The smallest absolute Gasteiger partial charge is 0.337 e. The summed E-state index contributed by atoms with van der Waals surface area (Å²) in [6, 6.07) is 0.148. The Hall–Kier alpha value is -2.35. The van der Waals surface area contributed by atoms with Crippen molar-refractivity contribution in [3.63, 3.8) is 0 Å². The second-order valence-corrected chi connectivity index (χ2v) is 5.16. The molecule has 0 radical (unpaired) electrons. The van der Waals surface area contributed by atoms with Gasteiger partial charge in [-0.2, -0.15) is 9.72 Å². The summed E-state index contributed by atoms with van der Waals surface area (Å²) in [6.07, 6.45) is 2.68. The van der Waals surface area contributed by atoms with Crippen molar-refractivity contribution in [2.24, 2.45) is 0 Å². The minimum Gasteiger partial charge on any atom is -0.389 e. The Bertz CT molecular complexity index is 754. The van der Waals surface area contributed by atoms with Crippen molar-refractivity contribution in [3.05, 3.63) is 24.2 Å². The molecule has 2 aliphatic rings. The van der Waals surface area contributed by atoms with Gasteiger partial charge in [0, 0.05) is 6.04 Å². The van der Waals surface area contributed by atoms with Crippen molar-refractivity contribution in [1.29, 1.82) is 5.41 Å². The fraction of sp³-hybridized carbons (Fsp3) is 0.417. The zero-order valence-electron chi connectivity index (χ0n) is 10.7. The molecule has 20 heavy (non-hydrogen) atoms. The van der Waals surface area contributed by atoms with Crippen LogP contribution in [0.3, 0.4) is 0 Å². The third-order valence-electron chi connectivity index (χ3n) is 3.89. The predicted octanol–water partition coefficient (Wildman–Crippen LogP) is 0.454. The molecule has 3 N–H and O–H groups in total. The van der Waals surface area contributed by atoms with Crippen LogP contribution in [0.25, 0.3) is 11.5 Å². The van der Waals surface area contributed by atoms with Gasteiger partial charge < -0.3 is 19.5 Å². The molecular formula is C12H14N6O2. The summed E-state index contributed by atoms with van der Waals surface area (Å²) in [5, 5.41) is 20.5. The highest BCUT2D eigenvalue weighted by atomic mass is 16.5. The number of imidazole rings is 1. The normalized spacial score (nSPS) is 24.4. The Balaban J connectivity index is 1.78. The van der Waals surface area contributed by atoms with Crippen molar-refractivity contribution in [2.75, 3.05) is 5.32 Å². The van der Waals surface area contributed by atoms with E-state index in [1.54, 1.807) is 6.33 Å². The summed E-state index contributed by atoms with van der Waals surface area (Å²) in [4.78, 5) is 8.41. The van der Waals surface area contributed by atoms with E-state index >= 15 is 0 Å². The van der Waals surface area contributed by atoms with Gasteiger partial charge in [0.15, 0.2) is 5.69 Å². The second-order valence-electron chi connectivity index (χ2n) is 5.16. The molecule has 1 aliphatic heterocycles. The van der Waals surface area contributed by atoms with Crippen molar-refractivity contribution in [1.82, 2.24) is 19.3 Å². The third kappa shape index (κ3) is 1.48. The largest absolute Gasteiger partial charge is 0.389 e. The van der Waals surface area contributed by atoms with Gasteiger partial charge in [0.05, 0.1) is 12.4 Å². The van der Waals surface area contributed by atoms with E-state index in [1.165, 1.54) is 4.74 Å². The molecule has 0 spiro atoms. The van der Waals surface area contributed by atoms with Gasteiger partial charge in [0.2, 0.25) is 5.82 Å². The molecule has 104 valence electrons. The minimum atomic E-state index is -0.446. The van der Waals surface area contributed by atoms with Crippen LogP contribution in [0.2, 0.25) is 0 Å². The van der Waals surface area contributed by atoms with Crippen LogP contribution < -0.4 is 11.0 Å². The fourth-order valence-electron chi connectivity index (χ4n) is 2.88. The van der Waals surface area contributed by atoms with E-state index in [0.29, 0.717) is 24.6 Å². The van der Waals surface area contributed by atoms with E-state index < -0.39 is 6.10 Å². The van der Waals surface area contributed by atoms with Gasteiger partial charge in [-0.15, -0.1) is 0 Å². The van der Waals surface area contributed by atoms with Crippen LogP contribution in [0.15, 0.2) is 23.0 Å². The Morgan fingerprint density at radius 3 is 3.15 bits per heavy atom. The highest BCUT2D eigenvalue weighted by Gasteiger charge is 2.32. The Labute approximate surface area is 113 Å². The molecule has 1 saturated carbocycles. The standard InChI is InChI=1S/C12H14N6O2/c1-6-2-7(3-8(6)19)17-4-14-9-10(17)15-5-18-11(9)16-12(13)20-18/h4,7-8,13,15,19H,1-3,5H2/t7-,8+/m1/s1. The lowest BCUT2D eigenvalue weighted by molar-refractivity contribution is 0.208. The zero-order valence-corrected chi connectivity index (χ0v) is 10.7. The van der Waals surface area contributed by atoms with Crippen LogP contribution in [0.5, 0.6) is 0 Å². The lowest BCUT2D eigenvalue weighted by atomic mass is 10.2. The summed E-state index contributed by atoms with van der Waals surface area (Å²) < 4.78 is 8.65. The lowest BCUT2D eigenvalue weighted by Gasteiger charge is -2.19. The molecule has 0 saturated heterocycles. The zero-order chi connectivity index (χ0) is 13.9. The number of fused-ring (bicyclic) bond motifs is 3. The third-order valence-corrected chi connectivity index (χ3v) is 3.89. The number of anilines is 1. The number of hydrogen-bond donors (Lipinski definition) is 3. The van der Waals surface area contributed by atoms with Gasteiger partial charge in [-0.25, -0.2) is 10.4 Å². The van der Waals surface area contributed by atoms with Gasteiger partial charge in [-0.1, -0.05) is 6.58 Å². The van der Waals surface area contributed by atoms with Gasteiger partial charge in [0.1, 0.15) is 12.5 Å². The molecule has 0 aromatic carbocycles. The molecule has 0 unspecified atom stereocenters. The molecule has 3 heterocycles. The number of rotatable bonds is 1. The summed E-state index contributed by atoms with van der Waals surface area (Å²) in [5.41, 5.74) is 1.40. The highest BCUT2D eigenvalue weighted by Crippen LogP contribution is 2.38. The summed E-state index contributed by atoms with van der Waals surface area (Å²) >= 11 is 0. The first-order chi connectivity index (χ1) is 9.63. The van der Waals surface area contributed by atoms with Crippen LogP contribution in [0.1, 0.15) is 18.9 Å². The lowest BCUT2D eigenvalue weighted by Crippen LogP contribution is -2.18. The predicted molar refractivity (Wildman–Crippen MR) is 68.6 cm³/mol. The molecule has 2 aromatic heterocycles. The number of aliphatic hydroxyl groups excluding tert-OH is 1. The van der Waals surface area contributed by atoms with E-state index in [2.05, 4.69) is 21.9 Å². The van der Waals surface area contributed by atoms with Crippen LogP contribution in [0, 0.1) is 5.41 Å². The van der Waals surface area contributed by atoms with Crippen LogP contribution in [-0.2, 0) is 6.67 Å². The maximum absolute atomic E-state index is 9.82. The maximum Gasteiger partial charge on any atom is 0.337 e.